The van der Waals surface area contributed by atoms with E-state index in [9.17, 15) is 39.0 Å². The SMILES string of the molecule is C=C1CC(=O)OC1=O.O=C(O)c1ccc(C(=O)O)c2c3ccc(c(=O)oc3=O)c12. The largest absolute Gasteiger partial charge is 0.478 e. The zero-order chi connectivity index (χ0) is 21.5. The first kappa shape index (κ1) is 19.4. The van der Waals surface area contributed by atoms with Gasteiger partial charge in [0.1, 0.15) is 0 Å². The molecule has 2 aromatic heterocycles. The number of carboxylic acids is 2. The molecule has 0 saturated carbocycles. The van der Waals surface area contributed by atoms with Crippen LogP contribution in [0.2, 0.25) is 0 Å². The Bertz CT molecular complexity index is 1250. The molecule has 2 aromatic carbocycles. The summed E-state index contributed by atoms with van der Waals surface area (Å²) >= 11 is 0. The first-order valence-corrected chi connectivity index (χ1v) is 7.87. The minimum atomic E-state index is -1.34. The topological polar surface area (TPSA) is 165 Å². The number of ether oxygens (including phenoxy) is 1. The van der Waals surface area contributed by atoms with Crippen molar-refractivity contribution in [3.8, 4) is 0 Å². The highest BCUT2D eigenvalue weighted by Gasteiger charge is 2.24. The van der Waals surface area contributed by atoms with Gasteiger partial charge in [-0.1, -0.05) is 6.58 Å². The maximum atomic E-state index is 11.8. The third-order valence-corrected chi connectivity index (χ3v) is 4.10. The van der Waals surface area contributed by atoms with Gasteiger partial charge < -0.3 is 19.4 Å². The Morgan fingerprint density at radius 3 is 1.55 bits per heavy atom. The lowest BCUT2D eigenvalue weighted by Crippen LogP contribution is -2.05. The minimum Gasteiger partial charge on any atom is -0.478 e. The van der Waals surface area contributed by atoms with Gasteiger partial charge in [0.25, 0.3) is 0 Å². The van der Waals surface area contributed by atoms with E-state index in [-0.39, 0.29) is 44.7 Å². The third kappa shape index (κ3) is 3.34. The summed E-state index contributed by atoms with van der Waals surface area (Å²) in [5.74, 6) is -3.76. The Labute approximate surface area is 159 Å². The fourth-order valence-corrected chi connectivity index (χ4v) is 2.84. The molecule has 0 radical (unpaired) electrons. The van der Waals surface area contributed by atoms with Gasteiger partial charge in [0.2, 0.25) is 0 Å². The highest BCUT2D eigenvalue weighted by Crippen LogP contribution is 2.29. The number of hydrogen-bond donors (Lipinski definition) is 2. The van der Waals surface area contributed by atoms with Crippen LogP contribution in [0.4, 0.5) is 0 Å². The molecule has 2 bridgehead atoms. The van der Waals surface area contributed by atoms with Gasteiger partial charge in [0.15, 0.2) is 0 Å². The van der Waals surface area contributed by atoms with E-state index >= 15 is 0 Å². The monoisotopic (exact) mass is 398 g/mol. The van der Waals surface area contributed by atoms with Crippen molar-refractivity contribution in [2.24, 2.45) is 0 Å². The maximum Gasteiger partial charge on any atom is 0.346 e. The molecule has 0 spiro atoms. The first-order chi connectivity index (χ1) is 13.6. The van der Waals surface area contributed by atoms with Crippen molar-refractivity contribution in [1.82, 2.24) is 0 Å². The standard InChI is InChI=1S/C14H6O7.C5H4O3/c15-11(16)5-1-2-6(12(17)18)10-8-4-3-7(9(5)10)13(19)21-14(8)20;1-3-2-4(6)8-5(3)7/h1-4H,(H,15,16)(H,17,18);1-2H2. The number of benzene rings is 2. The van der Waals surface area contributed by atoms with Crippen molar-refractivity contribution in [2.45, 2.75) is 6.42 Å². The predicted octanol–water partition coefficient (Wildman–Crippen LogP) is 1.16. The molecule has 1 aliphatic heterocycles. The van der Waals surface area contributed by atoms with Gasteiger partial charge in [-0.05, 0) is 24.3 Å². The third-order valence-electron chi connectivity index (χ3n) is 4.10. The molecule has 5 rings (SSSR count). The minimum absolute atomic E-state index is 0.0544. The van der Waals surface area contributed by atoms with Crippen LogP contribution in [0.25, 0.3) is 21.5 Å². The number of aromatic carboxylic acids is 2. The van der Waals surface area contributed by atoms with Crippen molar-refractivity contribution in [3.05, 3.63) is 68.4 Å². The molecule has 0 unspecified atom stereocenters. The van der Waals surface area contributed by atoms with E-state index in [1.54, 1.807) is 0 Å². The summed E-state index contributed by atoms with van der Waals surface area (Å²) in [6.45, 7) is 3.29. The summed E-state index contributed by atoms with van der Waals surface area (Å²) in [6, 6.07) is 4.68. The van der Waals surface area contributed by atoms with E-state index in [0.717, 1.165) is 12.1 Å². The van der Waals surface area contributed by atoms with Crippen LogP contribution >= 0.6 is 0 Å². The van der Waals surface area contributed by atoms with Gasteiger partial charge in [-0.3, -0.25) is 4.79 Å². The zero-order valence-electron chi connectivity index (χ0n) is 14.4. The Balaban J connectivity index is 0.000000252. The lowest BCUT2D eigenvalue weighted by molar-refractivity contribution is -0.151. The Morgan fingerprint density at radius 1 is 0.828 bits per heavy atom. The van der Waals surface area contributed by atoms with Crippen LogP contribution in [0.5, 0.6) is 0 Å². The number of carboxylic acid groups (broad SMARTS) is 2. The van der Waals surface area contributed by atoms with E-state index in [1.165, 1.54) is 12.1 Å². The molecule has 1 fully saturated rings. The van der Waals surface area contributed by atoms with E-state index < -0.39 is 35.1 Å². The molecule has 0 amide bonds. The number of rotatable bonds is 2. The van der Waals surface area contributed by atoms with Crippen LogP contribution in [-0.2, 0) is 14.3 Å². The highest BCUT2D eigenvalue weighted by atomic mass is 16.6. The summed E-state index contributed by atoms with van der Waals surface area (Å²) in [4.78, 5) is 66.6. The highest BCUT2D eigenvalue weighted by molar-refractivity contribution is 6.21. The normalized spacial score (nSPS) is 13.3. The van der Waals surface area contributed by atoms with Crippen LogP contribution < -0.4 is 11.3 Å². The number of carbonyl (C=O) groups is 4. The predicted molar refractivity (Wildman–Crippen MR) is 96.2 cm³/mol. The molecule has 1 saturated heterocycles. The van der Waals surface area contributed by atoms with Crippen LogP contribution in [0.3, 0.4) is 0 Å². The molecular weight excluding hydrogens is 388 g/mol. The fourth-order valence-electron chi connectivity index (χ4n) is 2.84. The number of hydrogen-bond acceptors (Lipinski definition) is 8. The fraction of sp³-hybridized carbons (Fsp3) is 0.0526. The number of esters is 2. The van der Waals surface area contributed by atoms with Crippen LogP contribution in [0.15, 0.2) is 50.4 Å². The molecule has 146 valence electrons. The van der Waals surface area contributed by atoms with E-state index in [4.69, 9.17) is 0 Å². The van der Waals surface area contributed by atoms with Crippen LogP contribution in [0, 0.1) is 0 Å². The van der Waals surface area contributed by atoms with E-state index in [2.05, 4.69) is 15.7 Å². The van der Waals surface area contributed by atoms with Gasteiger partial charge in [0, 0.05) is 16.3 Å². The average Bonchev–Trinajstić information content (AvgIpc) is 2.80. The lowest BCUT2D eigenvalue weighted by atomic mass is 9.95. The second-order valence-corrected chi connectivity index (χ2v) is 5.90. The Hall–Kier alpha value is -4.34. The second kappa shape index (κ2) is 7.00. The van der Waals surface area contributed by atoms with E-state index in [0.29, 0.717) is 0 Å². The average molecular weight is 398 g/mol. The molecule has 0 atom stereocenters. The Morgan fingerprint density at radius 2 is 1.28 bits per heavy atom. The molecule has 0 aliphatic carbocycles. The molecular formula is C19H10O10. The van der Waals surface area contributed by atoms with Crippen LogP contribution in [0.1, 0.15) is 27.1 Å². The summed E-state index contributed by atoms with van der Waals surface area (Å²) in [5.41, 5.74) is -2.29. The Kier molecular flexibility index (Phi) is 4.69. The number of carbonyl (C=O) groups excluding carboxylic acids is 2. The number of cyclic esters (lactones) is 2. The summed E-state index contributed by atoms with van der Waals surface area (Å²) < 4.78 is 8.65. The summed E-state index contributed by atoms with van der Waals surface area (Å²) in [7, 11) is 0. The van der Waals surface area contributed by atoms with Crippen molar-refractivity contribution >= 4 is 45.4 Å². The van der Waals surface area contributed by atoms with Gasteiger partial charge in [-0.15, -0.1) is 0 Å². The van der Waals surface area contributed by atoms with Crippen molar-refractivity contribution in [1.29, 1.82) is 0 Å². The molecule has 3 heterocycles. The molecule has 4 aromatic rings. The molecule has 2 N–H and O–H groups in total. The molecule has 1 aliphatic rings. The summed E-state index contributed by atoms with van der Waals surface area (Å²) in [6.07, 6.45) is 0.0544. The van der Waals surface area contributed by atoms with Gasteiger partial charge in [-0.25, -0.2) is 24.0 Å². The zero-order valence-corrected chi connectivity index (χ0v) is 14.4. The quantitative estimate of drug-likeness (QED) is 0.363. The smallest absolute Gasteiger partial charge is 0.346 e. The lowest BCUT2D eigenvalue weighted by Gasteiger charge is -2.06. The molecule has 10 heteroatoms. The summed E-state index contributed by atoms with van der Waals surface area (Å²) in [5, 5.41) is 17.9. The molecule has 10 nitrogen and oxygen atoms in total. The van der Waals surface area contributed by atoms with Crippen molar-refractivity contribution < 1.29 is 38.5 Å². The van der Waals surface area contributed by atoms with E-state index in [1.807, 2.05) is 0 Å². The first-order valence-electron chi connectivity index (χ1n) is 7.87. The number of fused-ring (bicyclic) bond motifs is 3. The van der Waals surface area contributed by atoms with Gasteiger partial charge >= 0.3 is 35.1 Å². The van der Waals surface area contributed by atoms with Gasteiger partial charge in [-0.2, -0.15) is 0 Å². The molecule has 29 heavy (non-hydrogen) atoms. The van der Waals surface area contributed by atoms with Crippen LogP contribution in [-0.4, -0.2) is 34.1 Å². The van der Waals surface area contributed by atoms with Crippen molar-refractivity contribution in [2.75, 3.05) is 0 Å². The maximum absolute atomic E-state index is 11.8. The van der Waals surface area contributed by atoms with Crippen molar-refractivity contribution in [3.63, 3.8) is 0 Å². The second-order valence-electron chi connectivity index (χ2n) is 5.90. The van der Waals surface area contributed by atoms with Gasteiger partial charge in [0.05, 0.1) is 28.3 Å².